The Balaban J connectivity index is 1.77. The summed E-state index contributed by atoms with van der Waals surface area (Å²) in [7, 11) is 4.37. The molecule has 8 nitrogen and oxygen atoms in total. The summed E-state index contributed by atoms with van der Waals surface area (Å²) < 4.78 is 15.3. The highest BCUT2D eigenvalue weighted by Crippen LogP contribution is 2.25. The summed E-state index contributed by atoms with van der Waals surface area (Å²) in [5.41, 5.74) is 2.32. The zero-order valence-corrected chi connectivity index (χ0v) is 17.2. The monoisotopic (exact) mass is 412 g/mol. The fourth-order valence-electron chi connectivity index (χ4n) is 3.12. The summed E-state index contributed by atoms with van der Waals surface area (Å²) in [5.74, 6) is 0.292. The number of esters is 1. The van der Waals surface area contributed by atoms with Gasteiger partial charge in [0, 0.05) is 19.0 Å². The highest BCUT2D eigenvalue weighted by atomic mass is 16.6. The van der Waals surface area contributed by atoms with Gasteiger partial charge in [-0.1, -0.05) is 35.5 Å². The summed E-state index contributed by atoms with van der Waals surface area (Å²) >= 11 is 0. The molecule has 0 saturated heterocycles. The molecule has 2 aromatic rings. The minimum Gasteiger partial charge on any atom is -0.497 e. The van der Waals surface area contributed by atoms with Crippen LogP contribution in [0.4, 0.5) is 0 Å². The largest absolute Gasteiger partial charge is 0.497 e. The number of oxime groups is 1. The molecule has 158 valence electrons. The lowest BCUT2D eigenvalue weighted by Gasteiger charge is -2.24. The van der Waals surface area contributed by atoms with Gasteiger partial charge in [-0.25, -0.2) is 0 Å². The van der Waals surface area contributed by atoms with Crippen LogP contribution in [0.3, 0.4) is 0 Å². The summed E-state index contributed by atoms with van der Waals surface area (Å²) in [6, 6.07) is 14.8. The van der Waals surface area contributed by atoms with Gasteiger partial charge in [0.05, 0.1) is 27.0 Å². The third-order valence-electron chi connectivity index (χ3n) is 4.70. The molecule has 0 saturated carbocycles. The number of amides is 1. The maximum absolute atomic E-state index is 13.1. The molecule has 0 radical (unpaired) electrons. The highest BCUT2D eigenvalue weighted by Gasteiger charge is 2.33. The molecule has 1 amide bonds. The van der Waals surface area contributed by atoms with Crippen molar-refractivity contribution in [3.63, 3.8) is 0 Å². The van der Waals surface area contributed by atoms with Gasteiger partial charge in [-0.3, -0.25) is 9.59 Å². The van der Waals surface area contributed by atoms with E-state index in [-0.39, 0.29) is 19.0 Å². The molecule has 0 spiro atoms. The van der Waals surface area contributed by atoms with Gasteiger partial charge < -0.3 is 23.9 Å². The van der Waals surface area contributed by atoms with Crippen molar-refractivity contribution in [2.24, 2.45) is 5.16 Å². The first-order chi connectivity index (χ1) is 14.5. The zero-order valence-electron chi connectivity index (χ0n) is 17.2. The van der Waals surface area contributed by atoms with Crippen LogP contribution in [0.5, 0.6) is 11.5 Å². The maximum Gasteiger partial charge on any atom is 0.325 e. The summed E-state index contributed by atoms with van der Waals surface area (Å²) in [4.78, 5) is 31.9. The first kappa shape index (κ1) is 21.2. The Morgan fingerprint density at radius 3 is 2.33 bits per heavy atom. The molecule has 0 N–H and O–H groups in total. The predicted molar refractivity (Wildman–Crippen MR) is 109 cm³/mol. The smallest absolute Gasteiger partial charge is 0.325 e. The first-order valence-corrected chi connectivity index (χ1v) is 9.39. The summed E-state index contributed by atoms with van der Waals surface area (Å²) in [6.45, 7) is -0.0581. The second-order valence-electron chi connectivity index (χ2n) is 6.69. The molecular weight excluding hydrogens is 388 g/mol. The molecule has 0 bridgehead atoms. The summed E-state index contributed by atoms with van der Waals surface area (Å²) in [6.07, 6.45) is -0.487. The summed E-state index contributed by atoms with van der Waals surface area (Å²) in [5, 5.41) is 4.06. The van der Waals surface area contributed by atoms with Crippen LogP contribution in [0.1, 0.15) is 17.5 Å². The molecule has 0 fully saturated rings. The van der Waals surface area contributed by atoms with E-state index in [0.717, 1.165) is 11.1 Å². The van der Waals surface area contributed by atoms with Crippen LogP contribution in [-0.2, 0) is 25.7 Å². The van der Waals surface area contributed by atoms with Gasteiger partial charge in [0.1, 0.15) is 18.0 Å². The van der Waals surface area contributed by atoms with Crippen molar-refractivity contribution in [3.8, 4) is 11.5 Å². The molecule has 2 aromatic carbocycles. The number of carbonyl (C=O) groups excluding carboxylic acids is 2. The third-order valence-corrected chi connectivity index (χ3v) is 4.70. The highest BCUT2D eigenvalue weighted by molar-refractivity contribution is 6.04. The first-order valence-electron chi connectivity index (χ1n) is 9.39. The predicted octanol–water partition coefficient (Wildman–Crippen LogP) is 2.40. The number of nitrogens with zero attached hydrogens (tertiary/aromatic N) is 2. The number of rotatable bonds is 8. The van der Waals surface area contributed by atoms with Crippen molar-refractivity contribution in [1.29, 1.82) is 0 Å². The van der Waals surface area contributed by atoms with E-state index in [1.165, 1.54) is 12.0 Å². The molecule has 1 aliphatic rings. The Morgan fingerprint density at radius 2 is 1.73 bits per heavy atom. The van der Waals surface area contributed by atoms with Gasteiger partial charge in [-0.15, -0.1) is 0 Å². The lowest BCUT2D eigenvalue weighted by molar-refractivity contribution is -0.152. The number of hydrogen-bond donors (Lipinski definition) is 0. The SMILES string of the molecule is COC(=O)CN(Cc1cc(OC)cc(OC)c1)C(=O)[C@@H]1CC(c2ccccc2)=NO1. The van der Waals surface area contributed by atoms with Crippen LogP contribution < -0.4 is 9.47 Å². The van der Waals surface area contributed by atoms with Gasteiger partial charge in [0.25, 0.3) is 5.91 Å². The minimum absolute atomic E-state index is 0.155. The van der Waals surface area contributed by atoms with E-state index in [1.807, 2.05) is 30.3 Å². The Hall–Kier alpha value is -3.55. The van der Waals surface area contributed by atoms with Crippen molar-refractivity contribution in [2.45, 2.75) is 19.1 Å². The van der Waals surface area contributed by atoms with Gasteiger partial charge in [-0.05, 0) is 23.3 Å². The molecule has 3 rings (SSSR count). The molecule has 30 heavy (non-hydrogen) atoms. The normalized spacial score (nSPS) is 15.0. The van der Waals surface area contributed by atoms with Crippen molar-refractivity contribution < 1.29 is 28.6 Å². The number of benzene rings is 2. The second kappa shape index (κ2) is 9.78. The van der Waals surface area contributed by atoms with Crippen LogP contribution in [0.2, 0.25) is 0 Å². The van der Waals surface area contributed by atoms with Crippen LogP contribution in [0.25, 0.3) is 0 Å². The molecule has 0 unspecified atom stereocenters. The molecule has 1 aliphatic heterocycles. The van der Waals surface area contributed by atoms with E-state index in [9.17, 15) is 9.59 Å². The van der Waals surface area contributed by atoms with Crippen molar-refractivity contribution >= 4 is 17.6 Å². The van der Waals surface area contributed by atoms with Crippen molar-refractivity contribution in [3.05, 3.63) is 59.7 Å². The minimum atomic E-state index is -0.808. The fraction of sp³-hybridized carbons (Fsp3) is 0.318. The Bertz CT molecular complexity index is 906. The van der Waals surface area contributed by atoms with E-state index >= 15 is 0 Å². The van der Waals surface area contributed by atoms with E-state index in [2.05, 4.69) is 5.16 Å². The Labute approximate surface area is 175 Å². The molecule has 1 heterocycles. The Kier molecular flexibility index (Phi) is 6.90. The molecular formula is C22H24N2O6. The Morgan fingerprint density at radius 1 is 1.07 bits per heavy atom. The third kappa shape index (κ3) is 5.08. The van der Waals surface area contributed by atoms with E-state index in [4.69, 9.17) is 19.0 Å². The average molecular weight is 412 g/mol. The molecule has 8 heteroatoms. The quantitative estimate of drug-likeness (QED) is 0.619. The average Bonchev–Trinajstić information content (AvgIpc) is 3.28. The van der Waals surface area contributed by atoms with Crippen LogP contribution in [0.15, 0.2) is 53.7 Å². The van der Waals surface area contributed by atoms with E-state index in [0.29, 0.717) is 23.6 Å². The maximum atomic E-state index is 13.1. The zero-order chi connectivity index (χ0) is 21.5. The van der Waals surface area contributed by atoms with Crippen molar-refractivity contribution in [1.82, 2.24) is 4.90 Å². The van der Waals surface area contributed by atoms with E-state index < -0.39 is 12.1 Å². The van der Waals surface area contributed by atoms with Gasteiger partial charge >= 0.3 is 5.97 Å². The molecule has 0 aromatic heterocycles. The lowest BCUT2D eigenvalue weighted by Crippen LogP contribution is -2.42. The molecule has 0 aliphatic carbocycles. The van der Waals surface area contributed by atoms with E-state index in [1.54, 1.807) is 32.4 Å². The lowest BCUT2D eigenvalue weighted by atomic mass is 10.0. The van der Waals surface area contributed by atoms with Gasteiger partial charge in [0.2, 0.25) is 6.10 Å². The van der Waals surface area contributed by atoms with Gasteiger partial charge in [0.15, 0.2) is 0 Å². The fourth-order valence-corrected chi connectivity index (χ4v) is 3.12. The van der Waals surface area contributed by atoms with Crippen molar-refractivity contribution in [2.75, 3.05) is 27.9 Å². The number of hydrogen-bond acceptors (Lipinski definition) is 7. The van der Waals surface area contributed by atoms with Crippen LogP contribution >= 0.6 is 0 Å². The second-order valence-corrected chi connectivity index (χ2v) is 6.69. The molecule has 1 atom stereocenters. The topological polar surface area (TPSA) is 86.7 Å². The standard InChI is InChI=1S/C22H24N2O6/c1-27-17-9-15(10-18(11-17)28-2)13-24(14-21(25)29-3)22(26)20-12-19(23-30-20)16-7-5-4-6-8-16/h4-11,20H,12-14H2,1-3H3/t20-/m0/s1. The van der Waals surface area contributed by atoms with Gasteiger partial charge in [-0.2, -0.15) is 0 Å². The number of methoxy groups -OCH3 is 3. The van der Waals surface area contributed by atoms with Crippen LogP contribution in [-0.4, -0.2) is 56.5 Å². The number of carbonyl (C=O) groups is 2. The number of ether oxygens (including phenoxy) is 3. The van der Waals surface area contributed by atoms with Crippen LogP contribution in [0, 0.1) is 0 Å².